The van der Waals surface area contributed by atoms with Crippen LogP contribution in [0.2, 0.25) is 0 Å². The number of carbonyl (C=O) groups is 1. The molecule has 2 aromatic rings. The molecule has 0 spiro atoms. The van der Waals surface area contributed by atoms with Gasteiger partial charge in [0.25, 0.3) is 5.91 Å². The fraction of sp³-hybridized carbons (Fsp3) is 0.261. The molecule has 0 radical (unpaired) electrons. The molecule has 0 fully saturated rings. The third kappa shape index (κ3) is 6.87. The summed E-state index contributed by atoms with van der Waals surface area (Å²) in [5.74, 6) is 2.90. The summed E-state index contributed by atoms with van der Waals surface area (Å²) in [7, 11) is 2.83. The highest BCUT2D eigenvalue weighted by atomic mass is 19.4. The molecule has 0 aromatic heterocycles. The lowest BCUT2D eigenvalue weighted by Gasteiger charge is -2.13. The van der Waals surface area contributed by atoms with Gasteiger partial charge in [0, 0.05) is 35.2 Å². The Hall–Kier alpha value is -3.80. The maximum Gasteiger partial charge on any atom is 0.458 e. The summed E-state index contributed by atoms with van der Waals surface area (Å²) in [6.07, 6.45) is -4.56. The van der Waals surface area contributed by atoms with Crippen LogP contribution in [0.1, 0.15) is 34.7 Å². The number of amides is 1. The predicted octanol–water partition coefficient (Wildman–Crippen LogP) is 3.95. The van der Waals surface area contributed by atoms with Gasteiger partial charge in [-0.25, -0.2) is 0 Å². The fourth-order valence-corrected chi connectivity index (χ4v) is 2.75. The highest BCUT2D eigenvalue weighted by Gasteiger charge is 2.23. The fourth-order valence-electron chi connectivity index (χ4n) is 2.75. The number of oxime groups is 2. The van der Waals surface area contributed by atoms with Gasteiger partial charge in [0.2, 0.25) is 0 Å². The third-order valence-electron chi connectivity index (χ3n) is 4.33. The van der Waals surface area contributed by atoms with E-state index in [1.165, 1.54) is 32.2 Å². The lowest BCUT2D eigenvalue weighted by molar-refractivity contribution is -0.114. The molecule has 0 heterocycles. The molecule has 2 rings (SSSR count). The zero-order valence-corrected chi connectivity index (χ0v) is 18.0. The summed E-state index contributed by atoms with van der Waals surface area (Å²) in [4.78, 5) is 22.5. The minimum absolute atomic E-state index is 0.0344. The second-order valence-electron chi connectivity index (χ2n) is 6.58. The maximum absolute atomic E-state index is 12.3. The molecule has 0 saturated carbocycles. The molecule has 32 heavy (non-hydrogen) atoms. The van der Waals surface area contributed by atoms with Gasteiger partial charge in [0.15, 0.2) is 5.71 Å². The Morgan fingerprint density at radius 1 is 1.16 bits per heavy atom. The number of halogens is 3. The van der Waals surface area contributed by atoms with Gasteiger partial charge in [-0.05, 0) is 31.5 Å². The zero-order chi connectivity index (χ0) is 23.7. The number of likely N-dealkylation sites (N-methyl/N-ethyl adjacent to an activating group) is 1. The van der Waals surface area contributed by atoms with Crippen molar-refractivity contribution in [3.8, 4) is 11.8 Å². The molecule has 1 N–H and O–H groups in total. The number of alkyl halides is 3. The van der Waals surface area contributed by atoms with Crippen LogP contribution in [0.5, 0.6) is 0 Å². The molecule has 0 bridgehead atoms. The quantitative estimate of drug-likeness (QED) is 0.399. The van der Waals surface area contributed by atoms with E-state index in [0.29, 0.717) is 22.4 Å². The van der Waals surface area contributed by atoms with Crippen LogP contribution in [0, 0.1) is 18.8 Å². The van der Waals surface area contributed by atoms with Crippen molar-refractivity contribution in [3.05, 3.63) is 70.3 Å². The van der Waals surface area contributed by atoms with Crippen LogP contribution in [-0.4, -0.2) is 37.7 Å². The van der Waals surface area contributed by atoms with Gasteiger partial charge >= 0.3 is 6.18 Å². The number of hydrogen-bond donors (Lipinski definition) is 1. The van der Waals surface area contributed by atoms with Crippen molar-refractivity contribution in [2.24, 2.45) is 10.3 Å². The molecule has 6 nitrogen and oxygen atoms in total. The lowest BCUT2D eigenvalue weighted by Crippen LogP contribution is -2.29. The number of benzene rings is 2. The van der Waals surface area contributed by atoms with Crippen molar-refractivity contribution in [1.82, 2.24) is 5.32 Å². The summed E-state index contributed by atoms with van der Waals surface area (Å²) in [5, 5.41) is 10.4. The normalized spacial score (nSPS) is 12.0. The van der Waals surface area contributed by atoms with Crippen molar-refractivity contribution >= 4 is 17.3 Å². The van der Waals surface area contributed by atoms with Gasteiger partial charge in [0.05, 0.1) is 5.71 Å². The number of aryl methyl sites for hydroxylation is 1. The predicted molar refractivity (Wildman–Crippen MR) is 115 cm³/mol. The Morgan fingerprint density at radius 2 is 1.88 bits per heavy atom. The summed E-state index contributed by atoms with van der Waals surface area (Å²) >= 11 is 0. The molecule has 2 aromatic carbocycles. The molecule has 1 amide bonds. The van der Waals surface area contributed by atoms with Crippen LogP contribution in [0.4, 0.5) is 13.2 Å². The molecule has 0 aliphatic heterocycles. The van der Waals surface area contributed by atoms with E-state index in [0.717, 1.165) is 5.56 Å². The minimum Gasteiger partial charge on any atom is -0.398 e. The van der Waals surface area contributed by atoms with E-state index in [1.807, 2.05) is 13.0 Å². The first-order valence-electron chi connectivity index (χ1n) is 9.45. The van der Waals surface area contributed by atoms with Gasteiger partial charge in [-0.2, -0.15) is 13.2 Å². The van der Waals surface area contributed by atoms with Crippen molar-refractivity contribution in [2.75, 3.05) is 14.2 Å². The Bertz CT molecular complexity index is 1100. The first-order valence-corrected chi connectivity index (χ1v) is 9.45. The van der Waals surface area contributed by atoms with Crippen LogP contribution < -0.4 is 5.32 Å². The van der Waals surface area contributed by atoms with E-state index in [-0.39, 0.29) is 17.9 Å². The Labute approximate surface area is 184 Å². The monoisotopic (exact) mass is 445 g/mol. The molecule has 168 valence electrons. The van der Waals surface area contributed by atoms with Gasteiger partial charge in [-0.1, -0.05) is 46.6 Å². The molecule has 0 atom stereocenters. The van der Waals surface area contributed by atoms with Gasteiger partial charge < -0.3 is 15.0 Å². The summed E-state index contributed by atoms with van der Waals surface area (Å²) in [6.45, 7) is 3.56. The van der Waals surface area contributed by atoms with E-state index >= 15 is 0 Å². The van der Waals surface area contributed by atoms with Crippen LogP contribution in [0.25, 0.3) is 0 Å². The van der Waals surface area contributed by atoms with Crippen LogP contribution in [0.15, 0.2) is 52.8 Å². The Balaban J connectivity index is 2.26. The summed E-state index contributed by atoms with van der Waals surface area (Å²) < 4.78 is 36.9. The van der Waals surface area contributed by atoms with Gasteiger partial charge in [-0.15, -0.1) is 0 Å². The number of carbonyl (C=O) groups excluding carboxylic acids is 1. The highest BCUT2D eigenvalue weighted by molar-refractivity contribution is 6.45. The van der Waals surface area contributed by atoms with Crippen molar-refractivity contribution in [2.45, 2.75) is 26.6 Å². The van der Waals surface area contributed by atoms with E-state index in [1.54, 1.807) is 31.2 Å². The second-order valence-corrected chi connectivity index (χ2v) is 6.58. The van der Waals surface area contributed by atoms with Gasteiger partial charge in [0.1, 0.15) is 13.7 Å². The highest BCUT2D eigenvalue weighted by Crippen LogP contribution is 2.18. The van der Waals surface area contributed by atoms with Crippen molar-refractivity contribution in [3.63, 3.8) is 0 Å². The Kier molecular flexibility index (Phi) is 8.41. The number of hydrogen-bond acceptors (Lipinski definition) is 5. The molecule has 0 saturated heterocycles. The van der Waals surface area contributed by atoms with E-state index in [9.17, 15) is 18.0 Å². The molecule has 0 unspecified atom stereocenters. The van der Waals surface area contributed by atoms with Crippen molar-refractivity contribution < 1.29 is 27.6 Å². The smallest absolute Gasteiger partial charge is 0.398 e. The van der Waals surface area contributed by atoms with Crippen LogP contribution >= 0.6 is 0 Å². The van der Waals surface area contributed by atoms with E-state index in [2.05, 4.69) is 21.5 Å². The first kappa shape index (κ1) is 24.5. The molecule has 0 aliphatic rings. The standard InChI is InChI=1S/C23H22F3N3O3/c1-15-7-5-10-19(21(29-31-4)22(30)27-3)20(15)14-32-28-16(2)18-9-6-8-17(13-18)11-12-23(24,25)26/h5-10,13H,14H2,1-4H3,(H,27,30)/b28-16+,29-21+. The Morgan fingerprint density at radius 3 is 2.53 bits per heavy atom. The third-order valence-corrected chi connectivity index (χ3v) is 4.33. The first-order chi connectivity index (χ1) is 15.2. The molecular weight excluding hydrogens is 423 g/mol. The lowest BCUT2D eigenvalue weighted by atomic mass is 9.98. The van der Waals surface area contributed by atoms with E-state index < -0.39 is 12.1 Å². The molecule has 9 heteroatoms. The summed E-state index contributed by atoms with van der Waals surface area (Å²) in [6, 6.07) is 11.6. The second kappa shape index (κ2) is 11.0. The minimum atomic E-state index is -4.56. The average molecular weight is 445 g/mol. The van der Waals surface area contributed by atoms with E-state index in [4.69, 9.17) is 9.68 Å². The topological polar surface area (TPSA) is 72.3 Å². The zero-order valence-electron chi connectivity index (χ0n) is 18.0. The number of rotatable bonds is 7. The largest absolute Gasteiger partial charge is 0.458 e. The molecular formula is C23H22F3N3O3. The SMILES string of the molecule is CNC(=O)/C(=N/OC)c1cccc(C)c1CO/N=C(\C)c1cccc(C#CC(F)(F)F)c1. The summed E-state index contributed by atoms with van der Waals surface area (Å²) in [5.41, 5.74) is 3.39. The molecule has 0 aliphatic carbocycles. The van der Waals surface area contributed by atoms with Crippen molar-refractivity contribution in [1.29, 1.82) is 0 Å². The number of nitrogens with zero attached hydrogens (tertiary/aromatic N) is 2. The van der Waals surface area contributed by atoms with Crippen LogP contribution in [0.3, 0.4) is 0 Å². The van der Waals surface area contributed by atoms with Crippen LogP contribution in [-0.2, 0) is 21.1 Å². The average Bonchev–Trinajstić information content (AvgIpc) is 2.76. The van der Waals surface area contributed by atoms with Gasteiger partial charge in [-0.3, -0.25) is 4.79 Å². The number of nitrogens with one attached hydrogen (secondary N) is 1. The maximum atomic E-state index is 12.3.